The highest BCUT2D eigenvalue weighted by Crippen LogP contribution is 2.30. The minimum atomic E-state index is -0.421. The first-order valence-corrected chi connectivity index (χ1v) is 8.37. The lowest BCUT2D eigenvalue weighted by Gasteiger charge is -2.18. The Bertz CT molecular complexity index is 981. The van der Waals surface area contributed by atoms with E-state index < -0.39 is 5.97 Å². The van der Waals surface area contributed by atoms with Crippen molar-refractivity contribution in [3.8, 4) is 11.5 Å². The molecule has 2 aromatic carbocycles. The maximum atomic E-state index is 11.9. The van der Waals surface area contributed by atoms with E-state index in [2.05, 4.69) is 4.98 Å². The summed E-state index contributed by atoms with van der Waals surface area (Å²) in [7, 11) is 0. The Kier molecular flexibility index (Phi) is 4.51. The maximum absolute atomic E-state index is 11.9. The molecule has 26 heavy (non-hydrogen) atoms. The van der Waals surface area contributed by atoms with Crippen molar-refractivity contribution in [3.63, 3.8) is 0 Å². The van der Waals surface area contributed by atoms with Gasteiger partial charge in [0.15, 0.2) is 11.5 Å². The van der Waals surface area contributed by atoms with Gasteiger partial charge in [0, 0.05) is 11.5 Å². The third kappa shape index (κ3) is 3.67. The first kappa shape index (κ1) is 16.1. The van der Waals surface area contributed by atoms with E-state index in [-0.39, 0.29) is 6.61 Å². The zero-order chi connectivity index (χ0) is 17.8. The second kappa shape index (κ2) is 7.27. The summed E-state index contributed by atoms with van der Waals surface area (Å²) in [5.41, 5.74) is 2.44. The van der Waals surface area contributed by atoms with Crippen LogP contribution in [0.5, 0.6) is 11.5 Å². The lowest BCUT2D eigenvalue weighted by Crippen LogP contribution is -2.15. The number of benzene rings is 2. The van der Waals surface area contributed by atoms with Crippen LogP contribution in [0, 0.1) is 0 Å². The van der Waals surface area contributed by atoms with Crippen molar-refractivity contribution in [1.82, 2.24) is 4.98 Å². The largest absolute Gasteiger partial charge is 0.486 e. The molecule has 0 saturated carbocycles. The van der Waals surface area contributed by atoms with Gasteiger partial charge in [-0.25, -0.2) is 9.78 Å². The standard InChI is InChI=1S/C21H17NO4/c23-21(10-8-17-7-6-16-3-1-2-4-18(16)22-17)26-14-15-5-9-19-20(13-15)25-12-11-24-19/h1-10,13H,11-12,14H2/b10-8+. The molecule has 4 rings (SSSR count). The maximum Gasteiger partial charge on any atom is 0.331 e. The average Bonchev–Trinajstić information content (AvgIpc) is 2.70. The molecule has 0 N–H and O–H groups in total. The zero-order valence-electron chi connectivity index (χ0n) is 14.1. The normalized spacial score (nSPS) is 13.1. The van der Waals surface area contributed by atoms with Crippen LogP contribution < -0.4 is 9.47 Å². The average molecular weight is 347 g/mol. The number of hydrogen-bond acceptors (Lipinski definition) is 5. The second-order valence-corrected chi connectivity index (χ2v) is 5.85. The number of esters is 1. The van der Waals surface area contributed by atoms with E-state index in [9.17, 15) is 4.79 Å². The number of hydrogen-bond donors (Lipinski definition) is 0. The molecular formula is C21H17NO4. The van der Waals surface area contributed by atoms with Crippen molar-refractivity contribution >= 4 is 22.9 Å². The highest BCUT2D eigenvalue weighted by atomic mass is 16.6. The summed E-state index contributed by atoms with van der Waals surface area (Å²) in [6.07, 6.45) is 3.04. The van der Waals surface area contributed by atoms with Crippen LogP contribution in [-0.2, 0) is 16.1 Å². The van der Waals surface area contributed by atoms with E-state index in [1.54, 1.807) is 6.08 Å². The minimum Gasteiger partial charge on any atom is -0.486 e. The molecule has 0 atom stereocenters. The van der Waals surface area contributed by atoms with E-state index in [4.69, 9.17) is 14.2 Å². The lowest BCUT2D eigenvalue weighted by molar-refractivity contribution is -0.138. The fraction of sp³-hybridized carbons (Fsp3) is 0.143. The topological polar surface area (TPSA) is 57.7 Å². The molecule has 2 heterocycles. The van der Waals surface area contributed by atoms with Gasteiger partial charge in [-0.3, -0.25) is 0 Å². The Labute approximate surface area is 150 Å². The molecule has 0 bridgehead atoms. The third-order valence-electron chi connectivity index (χ3n) is 4.00. The molecule has 0 radical (unpaired) electrons. The highest BCUT2D eigenvalue weighted by Gasteiger charge is 2.12. The molecule has 0 amide bonds. The van der Waals surface area contributed by atoms with Gasteiger partial charge in [-0.05, 0) is 35.9 Å². The van der Waals surface area contributed by atoms with Crippen LogP contribution in [0.2, 0.25) is 0 Å². The summed E-state index contributed by atoms with van der Waals surface area (Å²) in [4.78, 5) is 16.4. The van der Waals surface area contributed by atoms with Crippen molar-refractivity contribution in [2.75, 3.05) is 13.2 Å². The summed E-state index contributed by atoms with van der Waals surface area (Å²) in [6.45, 7) is 1.25. The molecule has 130 valence electrons. The molecule has 0 unspecified atom stereocenters. The number of rotatable bonds is 4. The summed E-state index contributed by atoms with van der Waals surface area (Å²) in [5.74, 6) is 0.976. The third-order valence-corrected chi connectivity index (χ3v) is 4.00. The summed E-state index contributed by atoms with van der Waals surface area (Å²) in [5, 5.41) is 1.06. The number of carbonyl (C=O) groups is 1. The van der Waals surface area contributed by atoms with Gasteiger partial charge in [0.05, 0.1) is 11.2 Å². The Morgan fingerprint density at radius 2 is 1.88 bits per heavy atom. The van der Waals surface area contributed by atoms with Crippen LogP contribution in [-0.4, -0.2) is 24.2 Å². The van der Waals surface area contributed by atoms with Gasteiger partial charge in [0.1, 0.15) is 19.8 Å². The monoisotopic (exact) mass is 347 g/mol. The number of ether oxygens (including phenoxy) is 3. The summed E-state index contributed by atoms with van der Waals surface area (Å²) in [6, 6.07) is 17.2. The Morgan fingerprint density at radius 3 is 2.81 bits per heavy atom. The molecule has 1 aromatic heterocycles. The van der Waals surface area contributed by atoms with Crippen LogP contribution >= 0.6 is 0 Å². The molecule has 3 aromatic rings. The molecular weight excluding hydrogens is 330 g/mol. The molecule has 1 aliphatic heterocycles. The van der Waals surface area contributed by atoms with E-state index in [1.165, 1.54) is 6.08 Å². The fourth-order valence-electron chi connectivity index (χ4n) is 2.71. The van der Waals surface area contributed by atoms with Crippen molar-refractivity contribution in [2.45, 2.75) is 6.61 Å². The van der Waals surface area contributed by atoms with Crippen molar-refractivity contribution < 1.29 is 19.0 Å². The molecule has 0 fully saturated rings. The van der Waals surface area contributed by atoms with E-state index >= 15 is 0 Å². The van der Waals surface area contributed by atoms with E-state index in [0.717, 1.165) is 16.5 Å². The van der Waals surface area contributed by atoms with Crippen LogP contribution in [0.3, 0.4) is 0 Å². The molecule has 1 aliphatic rings. The highest BCUT2D eigenvalue weighted by molar-refractivity contribution is 5.87. The quantitative estimate of drug-likeness (QED) is 0.531. The summed E-state index contributed by atoms with van der Waals surface area (Å²) < 4.78 is 16.3. The van der Waals surface area contributed by atoms with Gasteiger partial charge < -0.3 is 14.2 Å². The first-order valence-electron chi connectivity index (χ1n) is 8.37. The summed E-state index contributed by atoms with van der Waals surface area (Å²) >= 11 is 0. The Balaban J connectivity index is 1.38. The smallest absolute Gasteiger partial charge is 0.331 e. The van der Waals surface area contributed by atoms with E-state index in [0.29, 0.717) is 30.4 Å². The van der Waals surface area contributed by atoms with Gasteiger partial charge in [0.2, 0.25) is 0 Å². The SMILES string of the molecule is O=C(/C=C/c1ccc2ccccc2n1)OCc1ccc2c(c1)OCCO2. The van der Waals surface area contributed by atoms with E-state index in [1.807, 2.05) is 54.6 Å². The van der Waals surface area contributed by atoms with Crippen LogP contribution in [0.1, 0.15) is 11.3 Å². The van der Waals surface area contributed by atoms with Crippen LogP contribution in [0.25, 0.3) is 17.0 Å². The molecule has 5 heteroatoms. The van der Waals surface area contributed by atoms with Crippen LogP contribution in [0.4, 0.5) is 0 Å². The Morgan fingerprint density at radius 1 is 1.04 bits per heavy atom. The number of para-hydroxylation sites is 1. The molecule has 0 saturated heterocycles. The molecule has 0 aliphatic carbocycles. The predicted molar refractivity (Wildman–Crippen MR) is 98.0 cm³/mol. The minimum absolute atomic E-state index is 0.172. The number of nitrogens with zero attached hydrogens (tertiary/aromatic N) is 1. The second-order valence-electron chi connectivity index (χ2n) is 5.85. The van der Waals surface area contributed by atoms with Gasteiger partial charge in [-0.2, -0.15) is 0 Å². The van der Waals surface area contributed by atoms with Gasteiger partial charge in [0.25, 0.3) is 0 Å². The van der Waals surface area contributed by atoms with Crippen molar-refractivity contribution in [1.29, 1.82) is 0 Å². The number of pyridine rings is 1. The number of aromatic nitrogens is 1. The predicted octanol–water partition coefficient (Wildman–Crippen LogP) is 3.76. The first-order chi connectivity index (χ1) is 12.8. The van der Waals surface area contributed by atoms with Crippen molar-refractivity contribution in [3.05, 3.63) is 71.9 Å². The van der Waals surface area contributed by atoms with Gasteiger partial charge in [-0.15, -0.1) is 0 Å². The zero-order valence-corrected chi connectivity index (χ0v) is 14.1. The van der Waals surface area contributed by atoms with Gasteiger partial charge >= 0.3 is 5.97 Å². The number of fused-ring (bicyclic) bond motifs is 2. The van der Waals surface area contributed by atoms with Crippen LogP contribution in [0.15, 0.2) is 60.7 Å². The fourth-order valence-corrected chi connectivity index (χ4v) is 2.71. The lowest BCUT2D eigenvalue weighted by atomic mass is 10.2. The van der Waals surface area contributed by atoms with Crippen molar-refractivity contribution in [2.24, 2.45) is 0 Å². The van der Waals surface area contributed by atoms with Gasteiger partial charge in [-0.1, -0.05) is 30.3 Å². The number of carbonyl (C=O) groups excluding carboxylic acids is 1. The molecule has 5 nitrogen and oxygen atoms in total. The Hall–Kier alpha value is -3.34. The molecule has 0 spiro atoms.